The molecule has 5 nitrogen and oxygen atoms in total. The number of nitrogens with zero attached hydrogens (tertiary/aromatic N) is 3. The lowest BCUT2D eigenvalue weighted by molar-refractivity contribution is 0.301. The van der Waals surface area contributed by atoms with Gasteiger partial charge in [0.25, 0.3) is 5.88 Å². The summed E-state index contributed by atoms with van der Waals surface area (Å²) in [5, 5.41) is 3.03. The predicted octanol–water partition coefficient (Wildman–Crippen LogP) is 2.78. The van der Waals surface area contributed by atoms with Crippen molar-refractivity contribution in [2.45, 2.75) is 12.8 Å². The molecule has 3 aromatic rings. The van der Waals surface area contributed by atoms with Crippen LogP contribution in [0.2, 0.25) is 0 Å². The molecule has 0 saturated carbocycles. The maximum atomic E-state index is 5.81. The molecule has 0 aliphatic heterocycles. The Bertz CT molecular complexity index is 709. The summed E-state index contributed by atoms with van der Waals surface area (Å²) < 4.78 is 7.72. The number of imidazole rings is 1. The highest BCUT2D eigenvalue weighted by atomic mass is 16.5. The van der Waals surface area contributed by atoms with Crippen LogP contribution in [0.25, 0.3) is 5.65 Å². The first-order chi connectivity index (χ1) is 10.4. The van der Waals surface area contributed by atoms with Gasteiger partial charge in [-0.2, -0.15) is 4.98 Å². The quantitative estimate of drug-likeness (QED) is 0.706. The van der Waals surface area contributed by atoms with Gasteiger partial charge in [0.2, 0.25) is 5.65 Å². The number of aromatic nitrogens is 3. The van der Waals surface area contributed by atoms with Crippen LogP contribution in [0.5, 0.6) is 5.88 Å². The fourth-order valence-electron chi connectivity index (χ4n) is 2.21. The summed E-state index contributed by atoms with van der Waals surface area (Å²) in [6.07, 6.45) is 7.46. The fraction of sp³-hybridized carbons (Fsp3) is 0.250. The molecule has 0 amide bonds. The van der Waals surface area contributed by atoms with Gasteiger partial charge < -0.3 is 10.1 Å². The van der Waals surface area contributed by atoms with E-state index in [1.807, 2.05) is 29.9 Å². The van der Waals surface area contributed by atoms with Gasteiger partial charge in [-0.25, -0.2) is 4.98 Å². The van der Waals surface area contributed by atoms with E-state index in [2.05, 4.69) is 39.6 Å². The predicted molar refractivity (Wildman–Crippen MR) is 82.8 cm³/mol. The minimum absolute atomic E-state index is 0.569. The average molecular weight is 282 g/mol. The molecule has 3 rings (SSSR count). The molecule has 0 saturated heterocycles. The summed E-state index contributed by atoms with van der Waals surface area (Å²) in [7, 11) is 1.84. The fourth-order valence-corrected chi connectivity index (χ4v) is 2.21. The molecule has 0 atom stereocenters. The molecule has 108 valence electrons. The maximum absolute atomic E-state index is 5.81. The number of benzene rings is 1. The van der Waals surface area contributed by atoms with Crippen LogP contribution in [-0.4, -0.2) is 28.0 Å². The van der Waals surface area contributed by atoms with Gasteiger partial charge in [-0.1, -0.05) is 30.3 Å². The van der Waals surface area contributed by atoms with E-state index >= 15 is 0 Å². The van der Waals surface area contributed by atoms with Gasteiger partial charge in [-0.05, 0) is 18.4 Å². The number of hydrogen-bond donors (Lipinski definition) is 1. The topological polar surface area (TPSA) is 51.5 Å². The smallest absolute Gasteiger partial charge is 0.260 e. The van der Waals surface area contributed by atoms with Crippen molar-refractivity contribution in [3.8, 4) is 5.88 Å². The van der Waals surface area contributed by atoms with Crippen LogP contribution >= 0.6 is 0 Å². The number of aryl methyl sites for hydroxylation is 1. The minimum atomic E-state index is 0.569. The molecular formula is C16H18N4O. The molecule has 21 heavy (non-hydrogen) atoms. The Labute approximate surface area is 123 Å². The summed E-state index contributed by atoms with van der Waals surface area (Å²) >= 11 is 0. The summed E-state index contributed by atoms with van der Waals surface area (Å²) in [5.74, 6) is 1.33. The average Bonchev–Trinajstić information content (AvgIpc) is 3.00. The van der Waals surface area contributed by atoms with Crippen molar-refractivity contribution in [2.75, 3.05) is 19.0 Å². The lowest BCUT2D eigenvalue weighted by Gasteiger charge is -2.08. The molecule has 0 unspecified atom stereocenters. The van der Waals surface area contributed by atoms with E-state index in [-0.39, 0.29) is 0 Å². The number of rotatable bonds is 6. The Morgan fingerprint density at radius 1 is 1.24 bits per heavy atom. The highest BCUT2D eigenvalue weighted by molar-refractivity contribution is 5.53. The molecule has 0 bridgehead atoms. The van der Waals surface area contributed by atoms with Crippen LogP contribution in [0, 0.1) is 0 Å². The van der Waals surface area contributed by atoms with Crippen LogP contribution in [-0.2, 0) is 6.42 Å². The number of nitrogens with one attached hydrogen (secondary N) is 1. The van der Waals surface area contributed by atoms with Crippen molar-refractivity contribution in [3.63, 3.8) is 0 Å². The Morgan fingerprint density at radius 2 is 2.10 bits per heavy atom. The molecule has 5 heteroatoms. The lowest BCUT2D eigenvalue weighted by Crippen LogP contribution is -2.05. The van der Waals surface area contributed by atoms with Crippen molar-refractivity contribution in [1.29, 1.82) is 0 Å². The third-order valence-corrected chi connectivity index (χ3v) is 3.29. The van der Waals surface area contributed by atoms with Crippen LogP contribution < -0.4 is 10.1 Å². The summed E-state index contributed by atoms with van der Waals surface area (Å²) in [4.78, 5) is 8.70. The third-order valence-electron chi connectivity index (χ3n) is 3.29. The molecule has 0 spiro atoms. The highest BCUT2D eigenvalue weighted by Crippen LogP contribution is 2.18. The minimum Gasteiger partial charge on any atom is -0.475 e. The first kappa shape index (κ1) is 13.4. The maximum Gasteiger partial charge on any atom is 0.260 e. The SMILES string of the molecule is CNc1cn2ccnc2c(OCCCc2ccccc2)n1. The van der Waals surface area contributed by atoms with Crippen molar-refractivity contribution in [1.82, 2.24) is 14.4 Å². The number of fused-ring (bicyclic) bond motifs is 1. The van der Waals surface area contributed by atoms with Gasteiger partial charge in [0, 0.05) is 19.4 Å². The second kappa shape index (κ2) is 6.26. The van der Waals surface area contributed by atoms with Crippen LogP contribution in [0.15, 0.2) is 48.9 Å². The zero-order chi connectivity index (χ0) is 14.5. The van der Waals surface area contributed by atoms with E-state index in [1.54, 1.807) is 6.20 Å². The highest BCUT2D eigenvalue weighted by Gasteiger charge is 2.08. The van der Waals surface area contributed by atoms with Crippen LogP contribution in [0.3, 0.4) is 0 Å². The van der Waals surface area contributed by atoms with Gasteiger partial charge >= 0.3 is 0 Å². The first-order valence-electron chi connectivity index (χ1n) is 7.05. The van der Waals surface area contributed by atoms with E-state index in [1.165, 1.54) is 5.56 Å². The van der Waals surface area contributed by atoms with Gasteiger partial charge in [0.05, 0.1) is 12.8 Å². The van der Waals surface area contributed by atoms with E-state index < -0.39 is 0 Å². The van der Waals surface area contributed by atoms with Crippen molar-refractivity contribution >= 4 is 11.5 Å². The molecule has 2 aromatic heterocycles. The molecule has 0 aliphatic carbocycles. The number of ether oxygens (including phenoxy) is 1. The van der Waals surface area contributed by atoms with Crippen molar-refractivity contribution in [2.24, 2.45) is 0 Å². The second-order valence-corrected chi connectivity index (χ2v) is 4.78. The van der Waals surface area contributed by atoms with Gasteiger partial charge in [0.1, 0.15) is 5.82 Å². The van der Waals surface area contributed by atoms with E-state index in [0.29, 0.717) is 12.5 Å². The Hall–Kier alpha value is -2.56. The monoisotopic (exact) mass is 282 g/mol. The Balaban J connectivity index is 1.63. The van der Waals surface area contributed by atoms with Crippen molar-refractivity contribution < 1.29 is 4.74 Å². The van der Waals surface area contributed by atoms with Gasteiger partial charge in [-0.3, -0.25) is 4.40 Å². The lowest BCUT2D eigenvalue weighted by atomic mass is 10.1. The van der Waals surface area contributed by atoms with E-state index in [9.17, 15) is 0 Å². The largest absolute Gasteiger partial charge is 0.475 e. The normalized spacial score (nSPS) is 10.7. The third kappa shape index (κ3) is 3.13. The van der Waals surface area contributed by atoms with Crippen LogP contribution in [0.1, 0.15) is 12.0 Å². The van der Waals surface area contributed by atoms with Gasteiger partial charge in [0.15, 0.2) is 0 Å². The zero-order valence-corrected chi connectivity index (χ0v) is 12.0. The standard InChI is InChI=1S/C16H18N4O/c1-17-14-12-20-10-9-18-15(20)16(19-14)21-11-5-8-13-6-3-2-4-7-13/h2-4,6-7,9-10,12,17H,5,8,11H2,1H3. The summed E-state index contributed by atoms with van der Waals surface area (Å²) in [5.41, 5.74) is 2.07. The Kier molecular flexibility index (Phi) is 4.00. The summed E-state index contributed by atoms with van der Waals surface area (Å²) in [6.45, 7) is 0.623. The van der Waals surface area contributed by atoms with Crippen LogP contribution in [0.4, 0.5) is 5.82 Å². The van der Waals surface area contributed by atoms with Gasteiger partial charge in [-0.15, -0.1) is 0 Å². The number of anilines is 1. The summed E-state index contributed by atoms with van der Waals surface area (Å²) in [6, 6.07) is 10.4. The second-order valence-electron chi connectivity index (χ2n) is 4.78. The molecule has 0 radical (unpaired) electrons. The molecule has 1 N–H and O–H groups in total. The molecular weight excluding hydrogens is 264 g/mol. The van der Waals surface area contributed by atoms with E-state index in [4.69, 9.17) is 4.74 Å². The zero-order valence-electron chi connectivity index (χ0n) is 12.0. The molecule has 0 aliphatic rings. The molecule has 1 aromatic carbocycles. The first-order valence-corrected chi connectivity index (χ1v) is 7.05. The molecule has 0 fully saturated rings. The number of hydrogen-bond acceptors (Lipinski definition) is 4. The van der Waals surface area contributed by atoms with Crippen molar-refractivity contribution in [3.05, 3.63) is 54.5 Å². The Morgan fingerprint density at radius 3 is 2.90 bits per heavy atom. The molecule has 2 heterocycles. The van der Waals surface area contributed by atoms with E-state index in [0.717, 1.165) is 24.3 Å².